The lowest BCUT2D eigenvalue weighted by Crippen LogP contribution is -2.43. The smallest absolute Gasteiger partial charge is 0.252 e. The molecule has 2 saturated heterocycles. The molecule has 2 nitrogen and oxygen atoms in total. The minimum atomic E-state index is -2.40. The summed E-state index contributed by atoms with van der Waals surface area (Å²) in [6, 6.07) is 0.553. The van der Waals surface area contributed by atoms with Crippen LogP contribution in [0.4, 0.5) is 8.78 Å². The lowest BCUT2D eigenvalue weighted by molar-refractivity contribution is -0.0950. The molecule has 0 bridgehead atoms. The Morgan fingerprint density at radius 3 is 2.53 bits per heavy atom. The van der Waals surface area contributed by atoms with Crippen LogP contribution in [0.25, 0.3) is 0 Å². The summed E-state index contributed by atoms with van der Waals surface area (Å²) in [5.74, 6) is -2.50. The molecule has 4 heteroatoms. The first-order valence-corrected chi connectivity index (χ1v) is 6.99. The first-order valence-electron chi connectivity index (χ1n) is 6.99. The minimum absolute atomic E-state index is 0.119. The summed E-state index contributed by atoms with van der Waals surface area (Å²) >= 11 is 0. The van der Waals surface area contributed by atoms with Crippen molar-refractivity contribution >= 4 is 0 Å². The van der Waals surface area contributed by atoms with Gasteiger partial charge < -0.3 is 5.32 Å². The van der Waals surface area contributed by atoms with Crippen LogP contribution >= 0.6 is 0 Å². The standard InChI is InChI=1S/C13H22F2N2/c14-13(15)5-1-2-10-8-17(9-12(10)13)11-3-6-16-7-4-11/h10-12,16H,1-9H2/t10-,12-/m1/s1. The normalized spacial score (nSPS) is 39.2. The second-order valence-corrected chi connectivity index (χ2v) is 5.95. The summed E-state index contributed by atoms with van der Waals surface area (Å²) in [5.41, 5.74) is 0. The lowest BCUT2D eigenvalue weighted by Gasteiger charge is -2.33. The van der Waals surface area contributed by atoms with Crippen molar-refractivity contribution in [1.29, 1.82) is 0 Å². The number of halogens is 2. The summed E-state index contributed by atoms with van der Waals surface area (Å²) in [4.78, 5) is 2.36. The SMILES string of the molecule is FC1(F)CCC[C@@H]2CN(C3CCNCC3)C[C@H]21. The Labute approximate surface area is 102 Å². The molecule has 3 aliphatic rings. The molecule has 17 heavy (non-hydrogen) atoms. The number of rotatable bonds is 1. The molecule has 1 saturated carbocycles. The predicted molar refractivity (Wildman–Crippen MR) is 63.2 cm³/mol. The van der Waals surface area contributed by atoms with Gasteiger partial charge in [0.2, 0.25) is 0 Å². The average Bonchev–Trinajstić information content (AvgIpc) is 2.75. The Hall–Kier alpha value is -0.220. The maximum atomic E-state index is 13.9. The van der Waals surface area contributed by atoms with Crippen molar-refractivity contribution in [2.75, 3.05) is 26.2 Å². The van der Waals surface area contributed by atoms with Gasteiger partial charge in [-0.05, 0) is 44.7 Å². The van der Waals surface area contributed by atoms with E-state index in [-0.39, 0.29) is 18.3 Å². The first-order chi connectivity index (χ1) is 8.17. The third-order valence-corrected chi connectivity index (χ3v) is 4.92. The average molecular weight is 244 g/mol. The topological polar surface area (TPSA) is 15.3 Å². The highest BCUT2D eigenvalue weighted by Gasteiger charge is 2.51. The Balaban J connectivity index is 1.67. The van der Waals surface area contributed by atoms with Crippen molar-refractivity contribution in [3.8, 4) is 0 Å². The number of likely N-dealkylation sites (tertiary alicyclic amines) is 1. The van der Waals surface area contributed by atoms with Crippen LogP contribution < -0.4 is 5.32 Å². The van der Waals surface area contributed by atoms with Gasteiger partial charge in [0, 0.05) is 31.5 Å². The fourth-order valence-corrected chi connectivity index (χ4v) is 3.93. The van der Waals surface area contributed by atoms with E-state index >= 15 is 0 Å². The van der Waals surface area contributed by atoms with Crippen molar-refractivity contribution in [2.24, 2.45) is 11.8 Å². The lowest BCUT2D eigenvalue weighted by atomic mass is 9.79. The molecular weight excluding hydrogens is 222 g/mol. The van der Waals surface area contributed by atoms with Crippen LogP contribution in [0, 0.1) is 11.8 Å². The zero-order valence-electron chi connectivity index (χ0n) is 10.3. The maximum Gasteiger partial charge on any atom is 0.252 e. The Kier molecular flexibility index (Phi) is 3.11. The zero-order valence-corrected chi connectivity index (χ0v) is 10.3. The molecule has 0 unspecified atom stereocenters. The molecule has 3 rings (SSSR count). The number of hydrogen-bond acceptors (Lipinski definition) is 2. The van der Waals surface area contributed by atoms with Crippen molar-refractivity contribution in [1.82, 2.24) is 10.2 Å². The molecular formula is C13H22F2N2. The molecule has 3 fully saturated rings. The van der Waals surface area contributed by atoms with Gasteiger partial charge in [-0.2, -0.15) is 0 Å². The van der Waals surface area contributed by atoms with E-state index in [0.29, 0.717) is 19.0 Å². The molecule has 2 atom stereocenters. The largest absolute Gasteiger partial charge is 0.317 e. The third-order valence-electron chi connectivity index (χ3n) is 4.92. The monoisotopic (exact) mass is 244 g/mol. The number of hydrogen-bond donors (Lipinski definition) is 1. The van der Waals surface area contributed by atoms with E-state index in [1.54, 1.807) is 0 Å². The van der Waals surface area contributed by atoms with Gasteiger partial charge in [0.25, 0.3) is 5.92 Å². The van der Waals surface area contributed by atoms with Gasteiger partial charge in [-0.3, -0.25) is 4.90 Å². The van der Waals surface area contributed by atoms with E-state index < -0.39 is 5.92 Å². The third kappa shape index (κ3) is 2.22. The number of nitrogens with zero attached hydrogens (tertiary/aromatic N) is 1. The molecule has 0 amide bonds. The summed E-state index contributed by atoms with van der Waals surface area (Å²) in [5, 5.41) is 3.34. The Bertz CT molecular complexity index is 277. The number of nitrogens with one attached hydrogen (secondary N) is 1. The van der Waals surface area contributed by atoms with Crippen LogP contribution in [0.2, 0.25) is 0 Å². The first kappa shape index (κ1) is 11.8. The molecule has 2 heterocycles. The molecule has 98 valence electrons. The molecule has 0 aromatic rings. The Morgan fingerprint density at radius 2 is 1.82 bits per heavy atom. The summed E-state index contributed by atoms with van der Waals surface area (Å²) in [6.45, 7) is 3.66. The second-order valence-electron chi connectivity index (χ2n) is 5.95. The van der Waals surface area contributed by atoms with Gasteiger partial charge in [0.05, 0.1) is 0 Å². The van der Waals surface area contributed by atoms with Crippen LogP contribution in [0.15, 0.2) is 0 Å². The van der Waals surface area contributed by atoms with Gasteiger partial charge in [-0.1, -0.05) is 0 Å². The Morgan fingerprint density at radius 1 is 1.06 bits per heavy atom. The quantitative estimate of drug-likeness (QED) is 0.760. The molecule has 0 aromatic heterocycles. The van der Waals surface area contributed by atoms with Crippen LogP contribution in [-0.2, 0) is 0 Å². The van der Waals surface area contributed by atoms with Crippen LogP contribution in [0.1, 0.15) is 32.1 Å². The van der Waals surface area contributed by atoms with Crippen molar-refractivity contribution in [2.45, 2.75) is 44.1 Å². The van der Waals surface area contributed by atoms with Gasteiger partial charge >= 0.3 is 0 Å². The second kappa shape index (κ2) is 4.47. The number of piperidine rings is 1. The molecule has 0 spiro atoms. The van der Waals surface area contributed by atoms with Crippen molar-refractivity contribution in [3.05, 3.63) is 0 Å². The molecule has 0 aromatic carbocycles. The van der Waals surface area contributed by atoms with E-state index in [4.69, 9.17) is 0 Å². The predicted octanol–water partition coefficient (Wildman–Crippen LogP) is 2.11. The summed E-state index contributed by atoms with van der Waals surface area (Å²) in [7, 11) is 0. The van der Waals surface area contributed by atoms with Crippen molar-refractivity contribution < 1.29 is 8.78 Å². The fourth-order valence-electron chi connectivity index (χ4n) is 3.93. The zero-order chi connectivity index (χ0) is 11.9. The highest BCUT2D eigenvalue weighted by atomic mass is 19.3. The van der Waals surface area contributed by atoms with E-state index in [1.807, 2.05) is 0 Å². The molecule has 0 radical (unpaired) electrons. The maximum absolute atomic E-state index is 13.9. The van der Waals surface area contributed by atoms with Crippen LogP contribution in [-0.4, -0.2) is 43.0 Å². The van der Waals surface area contributed by atoms with E-state index in [9.17, 15) is 8.78 Å². The van der Waals surface area contributed by atoms with E-state index in [1.165, 1.54) is 0 Å². The molecule has 1 N–H and O–H groups in total. The van der Waals surface area contributed by atoms with Gasteiger partial charge in [0.1, 0.15) is 0 Å². The summed E-state index contributed by atoms with van der Waals surface area (Å²) < 4.78 is 27.7. The van der Waals surface area contributed by atoms with Crippen LogP contribution in [0.5, 0.6) is 0 Å². The molecule has 2 aliphatic heterocycles. The fraction of sp³-hybridized carbons (Fsp3) is 1.00. The molecule has 1 aliphatic carbocycles. The van der Waals surface area contributed by atoms with Crippen molar-refractivity contribution in [3.63, 3.8) is 0 Å². The van der Waals surface area contributed by atoms with Gasteiger partial charge in [-0.25, -0.2) is 8.78 Å². The minimum Gasteiger partial charge on any atom is -0.317 e. The van der Waals surface area contributed by atoms with Gasteiger partial charge in [0.15, 0.2) is 0 Å². The van der Waals surface area contributed by atoms with E-state index in [2.05, 4.69) is 10.2 Å². The highest BCUT2D eigenvalue weighted by molar-refractivity contribution is 4.97. The highest BCUT2D eigenvalue weighted by Crippen LogP contribution is 2.46. The summed E-state index contributed by atoms with van der Waals surface area (Å²) in [6.07, 6.45) is 4.11. The number of fused-ring (bicyclic) bond motifs is 1. The van der Waals surface area contributed by atoms with Crippen LogP contribution in [0.3, 0.4) is 0 Å². The van der Waals surface area contributed by atoms with Gasteiger partial charge in [-0.15, -0.1) is 0 Å². The number of alkyl halides is 2. The van der Waals surface area contributed by atoms with E-state index in [0.717, 1.165) is 38.9 Å².